The number of fused-ring (bicyclic) bond motifs is 15. The highest BCUT2D eigenvalue weighted by molar-refractivity contribution is 6.21. The molecule has 6 aromatic carbocycles. The van der Waals surface area contributed by atoms with E-state index in [2.05, 4.69) is 109 Å². The summed E-state index contributed by atoms with van der Waals surface area (Å²) in [7, 11) is 0. The maximum atomic E-state index is 14.2. The Labute approximate surface area is 229 Å². The highest BCUT2D eigenvalue weighted by Crippen LogP contribution is 2.63. The molecule has 2 heterocycles. The van der Waals surface area contributed by atoms with Gasteiger partial charge in [-0.3, -0.25) is 9.20 Å². The van der Waals surface area contributed by atoms with Crippen LogP contribution in [0.15, 0.2) is 132 Å². The predicted octanol–water partition coefficient (Wildman–Crippen LogP) is 8.54. The van der Waals surface area contributed by atoms with E-state index in [1.54, 1.807) is 0 Å². The summed E-state index contributed by atoms with van der Waals surface area (Å²) in [5.74, 6) is 0. The van der Waals surface area contributed by atoms with Gasteiger partial charge in [0.05, 0.1) is 16.4 Å². The average molecular weight is 508 g/mol. The molecule has 2 heteroatoms. The molecule has 2 nitrogen and oxygen atoms in total. The maximum absolute atomic E-state index is 14.2. The minimum Gasteiger partial charge on any atom is -0.275 e. The third-order valence-corrected chi connectivity index (χ3v) is 9.55. The molecule has 8 aromatic rings. The molecule has 184 valence electrons. The standard InChI is InChI=1S/C38H21NO/c40-37-28-14-2-1-10-22(28)26-15-9-16-27-30-20-29-25-13-5-8-19-33(25)38(34(29)21-35(30)39(37)36(26)27)31-17-6-3-11-23(31)24-12-4-7-18-32(24)38/h1-21H. The molecule has 0 unspecified atom stereocenters. The number of benzene rings is 6. The van der Waals surface area contributed by atoms with Crippen LogP contribution in [0.1, 0.15) is 22.3 Å². The molecule has 40 heavy (non-hydrogen) atoms. The van der Waals surface area contributed by atoms with Crippen LogP contribution in [0.5, 0.6) is 0 Å². The third kappa shape index (κ3) is 2.13. The van der Waals surface area contributed by atoms with Crippen molar-refractivity contribution < 1.29 is 0 Å². The van der Waals surface area contributed by atoms with Crippen molar-refractivity contribution >= 4 is 38.0 Å². The van der Waals surface area contributed by atoms with E-state index in [1.165, 1.54) is 44.5 Å². The summed E-state index contributed by atoms with van der Waals surface area (Å²) in [5.41, 5.74) is 11.9. The van der Waals surface area contributed by atoms with Crippen LogP contribution in [-0.4, -0.2) is 4.40 Å². The molecule has 2 aliphatic carbocycles. The molecule has 0 aliphatic heterocycles. The normalized spacial score (nSPS) is 14.3. The van der Waals surface area contributed by atoms with Crippen LogP contribution in [0.25, 0.3) is 60.2 Å². The highest BCUT2D eigenvalue weighted by atomic mass is 16.1. The minimum atomic E-state index is -0.428. The zero-order valence-corrected chi connectivity index (χ0v) is 21.5. The number of rotatable bonds is 0. The van der Waals surface area contributed by atoms with Crippen molar-refractivity contribution in [2.75, 3.05) is 0 Å². The molecule has 0 radical (unpaired) electrons. The monoisotopic (exact) mass is 507 g/mol. The quantitative estimate of drug-likeness (QED) is 0.189. The zero-order valence-electron chi connectivity index (χ0n) is 21.5. The Hall–Kier alpha value is -5.21. The number of hydrogen-bond acceptors (Lipinski definition) is 1. The van der Waals surface area contributed by atoms with Crippen molar-refractivity contribution in [2.45, 2.75) is 5.41 Å². The summed E-state index contributed by atoms with van der Waals surface area (Å²) in [6.45, 7) is 0. The summed E-state index contributed by atoms with van der Waals surface area (Å²) in [6.07, 6.45) is 0. The number of nitrogens with zero attached hydrogens (tertiary/aromatic N) is 1. The van der Waals surface area contributed by atoms with E-state index >= 15 is 0 Å². The Morgan fingerprint density at radius 2 is 0.925 bits per heavy atom. The Morgan fingerprint density at radius 3 is 1.57 bits per heavy atom. The van der Waals surface area contributed by atoms with E-state index in [0.29, 0.717) is 0 Å². The molecule has 0 saturated heterocycles. The smallest absolute Gasteiger partial charge is 0.263 e. The molecule has 2 aliphatic rings. The van der Waals surface area contributed by atoms with Crippen LogP contribution >= 0.6 is 0 Å². The molecule has 0 N–H and O–H groups in total. The van der Waals surface area contributed by atoms with Crippen LogP contribution in [0, 0.1) is 0 Å². The molecule has 0 amide bonds. The Kier molecular flexibility index (Phi) is 3.55. The van der Waals surface area contributed by atoms with Crippen LogP contribution < -0.4 is 5.56 Å². The molecule has 0 fully saturated rings. The lowest BCUT2D eigenvalue weighted by atomic mass is 9.70. The lowest BCUT2D eigenvalue weighted by Gasteiger charge is -2.30. The second-order valence-corrected chi connectivity index (χ2v) is 11.2. The largest absolute Gasteiger partial charge is 0.275 e. The van der Waals surface area contributed by atoms with Gasteiger partial charge in [0, 0.05) is 21.5 Å². The summed E-state index contributed by atoms with van der Waals surface area (Å²) < 4.78 is 1.98. The number of pyridine rings is 1. The summed E-state index contributed by atoms with van der Waals surface area (Å²) in [5, 5.41) is 5.15. The first-order valence-electron chi connectivity index (χ1n) is 13.8. The Balaban J connectivity index is 1.47. The Morgan fingerprint density at radius 1 is 0.425 bits per heavy atom. The minimum absolute atomic E-state index is 0.0473. The van der Waals surface area contributed by atoms with Crippen molar-refractivity contribution in [3.8, 4) is 22.3 Å². The third-order valence-electron chi connectivity index (χ3n) is 9.55. The first-order chi connectivity index (χ1) is 19.8. The molecule has 10 rings (SSSR count). The van der Waals surface area contributed by atoms with Gasteiger partial charge in [0.15, 0.2) is 0 Å². The van der Waals surface area contributed by atoms with Gasteiger partial charge in [-0.25, -0.2) is 0 Å². The molecule has 2 aromatic heterocycles. The highest BCUT2D eigenvalue weighted by Gasteiger charge is 2.51. The average Bonchev–Trinajstić information content (AvgIpc) is 3.61. The van der Waals surface area contributed by atoms with Gasteiger partial charge in [0.2, 0.25) is 0 Å². The fraction of sp³-hybridized carbons (Fsp3) is 0.0263. The van der Waals surface area contributed by atoms with Gasteiger partial charge < -0.3 is 0 Å². The second-order valence-electron chi connectivity index (χ2n) is 11.2. The van der Waals surface area contributed by atoms with Gasteiger partial charge >= 0.3 is 0 Å². The first-order valence-corrected chi connectivity index (χ1v) is 13.8. The van der Waals surface area contributed by atoms with Gasteiger partial charge in [-0.1, -0.05) is 109 Å². The van der Waals surface area contributed by atoms with Crippen LogP contribution in [-0.2, 0) is 5.41 Å². The van der Waals surface area contributed by atoms with Gasteiger partial charge in [0.25, 0.3) is 5.56 Å². The first kappa shape index (κ1) is 20.7. The van der Waals surface area contributed by atoms with E-state index in [9.17, 15) is 4.79 Å². The number of para-hydroxylation sites is 1. The van der Waals surface area contributed by atoms with Crippen molar-refractivity contribution in [3.05, 3.63) is 160 Å². The van der Waals surface area contributed by atoms with E-state index < -0.39 is 5.41 Å². The van der Waals surface area contributed by atoms with Crippen LogP contribution in [0.3, 0.4) is 0 Å². The van der Waals surface area contributed by atoms with Crippen molar-refractivity contribution in [1.29, 1.82) is 0 Å². The maximum Gasteiger partial charge on any atom is 0.263 e. The SMILES string of the molecule is O=c1c2ccccc2c2cccc3c4cc5c(cc4n1c23)C1(c2ccccc2-c2ccccc21)c1ccccc1-5. The Bertz CT molecular complexity index is 2420. The van der Waals surface area contributed by atoms with Crippen LogP contribution in [0.4, 0.5) is 0 Å². The van der Waals surface area contributed by atoms with Gasteiger partial charge in [0.1, 0.15) is 0 Å². The molecule has 1 spiro atoms. The van der Waals surface area contributed by atoms with Crippen molar-refractivity contribution in [1.82, 2.24) is 4.40 Å². The molecular formula is C38H21NO. The fourth-order valence-corrected chi connectivity index (χ4v) is 8.10. The van der Waals surface area contributed by atoms with Crippen molar-refractivity contribution in [2.24, 2.45) is 0 Å². The lowest BCUT2D eigenvalue weighted by molar-refractivity contribution is 0.794. The summed E-state index contributed by atoms with van der Waals surface area (Å²) in [4.78, 5) is 14.2. The van der Waals surface area contributed by atoms with E-state index in [0.717, 1.165) is 38.0 Å². The number of hydrogen-bond donors (Lipinski definition) is 0. The zero-order chi connectivity index (χ0) is 26.2. The summed E-state index contributed by atoms with van der Waals surface area (Å²) >= 11 is 0. The summed E-state index contributed by atoms with van der Waals surface area (Å²) in [6, 6.07) is 45.7. The molecular weight excluding hydrogens is 486 g/mol. The topological polar surface area (TPSA) is 21.5 Å². The molecule has 0 saturated carbocycles. The van der Waals surface area contributed by atoms with Crippen LogP contribution in [0.2, 0.25) is 0 Å². The second kappa shape index (κ2) is 6.86. The molecule has 0 atom stereocenters. The fourth-order valence-electron chi connectivity index (χ4n) is 8.10. The van der Waals surface area contributed by atoms with E-state index in [1.807, 2.05) is 22.6 Å². The predicted molar refractivity (Wildman–Crippen MR) is 164 cm³/mol. The van der Waals surface area contributed by atoms with Crippen molar-refractivity contribution in [3.63, 3.8) is 0 Å². The van der Waals surface area contributed by atoms with Gasteiger partial charge in [-0.2, -0.15) is 0 Å². The van der Waals surface area contributed by atoms with E-state index in [4.69, 9.17) is 0 Å². The van der Waals surface area contributed by atoms with Gasteiger partial charge in [-0.05, 0) is 68.1 Å². The lowest BCUT2D eigenvalue weighted by Crippen LogP contribution is -2.26. The number of aromatic nitrogens is 1. The van der Waals surface area contributed by atoms with Gasteiger partial charge in [-0.15, -0.1) is 0 Å². The molecule has 0 bridgehead atoms. The van der Waals surface area contributed by atoms with E-state index in [-0.39, 0.29) is 5.56 Å².